The van der Waals surface area contributed by atoms with Gasteiger partial charge in [0.2, 0.25) is 5.91 Å². The lowest BCUT2D eigenvalue weighted by Crippen LogP contribution is -2.31. The molecule has 0 unspecified atom stereocenters. The smallest absolute Gasteiger partial charge is 0.266 e. The van der Waals surface area contributed by atoms with Gasteiger partial charge in [-0.3, -0.25) is 4.79 Å². The Morgan fingerprint density at radius 1 is 0.900 bits per heavy atom. The summed E-state index contributed by atoms with van der Waals surface area (Å²) in [5, 5.41) is 0. The van der Waals surface area contributed by atoms with Crippen LogP contribution >= 0.6 is 0 Å². The molecule has 1 amide bonds. The molecule has 108 valence electrons. The Labute approximate surface area is 119 Å². The van der Waals surface area contributed by atoms with Crippen LogP contribution < -0.4 is 4.90 Å². The topological polar surface area (TPSA) is 57.7 Å². The number of anilines is 1. The summed E-state index contributed by atoms with van der Waals surface area (Å²) in [6.07, 6.45) is 3.31. The zero-order valence-corrected chi connectivity index (χ0v) is 12.1. The van der Waals surface area contributed by atoms with E-state index in [2.05, 4.69) is 4.90 Å². The van der Waals surface area contributed by atoms with Gasteiger partial charge in [0.05, 0.1) is 4.90 Å². The number of sulfonamides is 1. The Balaban J connectivity index is 1.85. The fraction of sp³-hybridized carbons (Fsp3) is 0.500. The van der Waals surface area contributed by atoms with E-state index in [4.69, 9.17) is 0 Å². The highest BCUT2D eigenvalue weighted by atomic mass is 32.2. The molecule has 2 saturated heterocycles. The monoisotopic (exact) mass is 294 g/mol. The first-order chi connectivity index (χ1) is 9.59. The van der Waals surface area contributed by atoms with Gasteiger partial charge in [0.15, 0.2) is 0 Å². The minimum Gasteiger partial charge on any atom is -0.372 e. The number of nitrogens with zero attached hydrogens (tertiary/aromatic N) is 2. The zero-order chi connectivity index (χ0) is 14.2. The van der Waals surface area contributed by atoms with E-state index in [1.54, 1.807) is 12.1 Å². The number of benzene rings is 1. The molecule has 5 nitrogen and oxygen atoms in total. The second-order valence-corrected chi connectivity index (χ2v) is 7.12. The number of hydrogen-bond acceptors (Lipinski definition) is 4. The maximum atomic E-state index is 12.4. The Morgan fingerprint density at radius 3 is 2.10 bits per heavy atom. The maximum absolute atomic E-state index is 12.4. The van der Waals surface area contributed by atoms with Gasteiger partial charge in [-0.25, -0.2) is 12.7 Å². The average Bonchev–Trinajstić information content (AvgIpc) is 3.10. The van der Waals surface area contributed by atoms with Gasteiger partial charge in [0.25, 0.3) is 10.0 Å². The highest BCUT2D eigenvalue weighted by Crippen LogP contribution is 2.25. The van der Waals surface area contributed by atoms with Crippen molar-refractivity contribution >= 4 is 21.6 Å². The van der Waals surface area contributed by atoms with Crippen molar-refractivity contribution in [2.24, 2.45) is 0 Å². The van der Waals surface area contributed by atoms with Crippen LogP contribution in [-0.4, -0.2) is 38.3 Å². The van der Waals surface area contributed by atoms with E-state index in [1.807, 2.05) is 12.1 Å². The van der Waals surface area contributed by atoms with Gasteiger partial charge in [0, 0.05) is 31.7 Å². The summed E-state index contributed by atoms with van der Waals surface area (Å²) in [5.41, 5.74) is 1.05. The van der Waals surface area contributed by atoms with E-state index >= 15 is 0 Å². The standard InChI is InChI=1S/C14H18N2O3S/c17-14-4-3-11-16(14)20(18,19)13-7-5-12(6-8-13)15-9-1-2-10-15/h5-8H,1-4,9-11H2. The molecule has 0 saturated carbocycles. The van der Waals surface area contributed by atoms with Gasteiger partial charge >= 0.3 is 0 Å². The van der Waals surface area contributed by atoms with Gasteiger partial charge in [-0.2, -0.15) is 0 Å². The van der Waals surface area contributed by atoms with Crippen LogP contribution in [0.1, 0.15) is 25.7 Å². The number of hydrogen-bond donors (Lipinski definition) is 0. The lowest BCUT2D eigenvalue weighted by atomic mass is 10.3. The fourth-order valence-corrected chi connectivity index (χ4v) is 4.27. The molecule has 0 bridgehead atoms. The molecule has 2 aliphatic rings. The normalized spacial score (nSPS) is 19.9. The number of carbonyl (C=O) groups is 1. The lowest BCUT2D eigenvalue weighted by Gasteiger charge is -2.19. The van der Waals surface area contributed by atoms with Crippen LogP contribution in [0.5, 0.6) is 0 Å². The summed E-state index contributed by atoms with van der Waals surface area (Å²) < 4.78 is 25.7. The van der Waals surface area contributed by atoms with Crippen LogP contribution in [-0.2, 0) is 14.8 Å². The van der Waals surface area contributed by atoms with Crippen LogP contribution in [0.15, 0.2) is 29.2 Å². The van der Waals surface area contributed by atoms with Crippen molar-refractivity contribution in [1.82, 2.24) is 4.31 Å². The summed E-state index contributed by atoms with van der Waals surface area (Å²) in [4.78, 5) is 14.1. The summed E-state index contributed by atoms with van der Waals surface area (Å²) in [7, 11) is -3.66. The second kappa shape index (κ2) is 5.09. The summed E-state index contributed by atoms with van der Waals surface area (Å²) in [6.45, 7) is 2.35. The molecule has 0 spiro atoms. The van der Waals surface area contributed by atoms with Gasteiger partial charge in [-0.05, 0) is 43.5 Å². The summed E-state index contributed by atoms with van der Waals surface area (Å²) in [6, 6.07) is 6.88. The Bertz CT molecular complexity index is 604. The van der Waals surface area contributed by atoms with Crippen LogP contribution in [0.4, 0.5) is 5.69 Å². The van der Waals surface area contributed by atoms with E-state index in [1.165, 1.54) is 12.8 Å². The first-order valence-electron chi connectivity index (χ1n) is 6.99. The molecular weight excluding hydrogens is 276 g/mol. The van der Waals surface area contributed by atoms with Gasteiger partial charge in [0.1, 0.15) is 0 Å². The van der Waals surface area contributed by atoms with E-state index < -0.39 is 10.0 Å². The Morgan fingerprint density at radius 2 is 1.55 bits per heavy atom. The molecule has 3 rings (SSSR count). The van der Waals surface area contributed by atoms with Crippen molar-refractivity contribution in [3.8, 4) is 0 Å². The molecule has 6 heteroatoms. The molecule has 2 heterocycles. The van der Waals surface area contributed by atoms with Crippen molar-refractivity contribution in [1.29, 1.82) is 0 Å². The fourth-order valence-electron chi connectivity index (χ4n) is 2.81. The third-order valence-corrected chi connectivity index (χ3v) is 5.76. The summed E-state index contributed by atoms with van der Waals surface area (Å²) >= 11 is 0. The van der Waals surface area contributed by atoms with Crippen molar-refractivity contribution in [3.63, 3.8) is 0 Å². The molecule has 0 atom stereocenters. The third kappa shape index (κ3) is 2.28. The van der Waals surface area contributed by atoms with Gasteiger partial charge in [-0.1, -0.05) is 0 Å². The van der Waals surface area contributed by atoms with Crippen LogP contribution in [0.25, 0.3) is 0 Å². The molecule has 0 aromatic heterocycles. The Hall–Kier alpha value is -1.56. The highest BCUT2D eigenvalue weighted by Gasteiger charge is 2.32. The Kier molecular flexibility index (Phi) is 3.41. The number of amides is 1. The lowest BCUT2D eigenvalue weighted by molar-refractivity contribution is -0.123. The zero-order valence-electron chi connectivity index (χ0n) is 11.3. The molecule has 20 heavy (non-hydrogen) atoms. The first-order valence-corrected chi connectivity index (χ1v) is 8.44. The summed E-state index contributed by atoms with van der Waals surface area (Å²) in [5.74, 6) is -0.298. The van der Waals surface area contributed by atoms with Crippen molar-refractivity contribution in [2.75, 3.05) is 24.5 Å². The van der Waals surface area contributed by atoms with E-state index in [-0.39, 0.29) is 10.8 Å². The van der Waals surface area contributed by atoms with Gasteiger partial charge in [-0.15, -0.1) is 0 Å². The molecule has 2 fully saturated rings. The second-order valence-electron chi connectivity index (χ2n) is 5.26. The van der Waals surface area contributed by atoms with Crippen molar-refractivity contribution in [2.45, 2.75) is 30.6 Å². The molecular formula is C14H18N2O3S. The molecule has 1 aromatic rings. The molecule has 0 aliphatic carbocycles. The number of carbonyl (C=O) groups excluding carboxylic acids is 1. The highest BCUT2D eigenvalue weighted by molar-refractivity contribution is 7.89. The minimum absolute atomic E-state index is 0.204. The third-order valence-electron chi connectivity index (χ3n) is 3.93. The largest absolute Gasteiger partial charge is 0.372 e. The molecule has 0 radical (unpaired) electrons. The molecule has 2 aliphatic heterocycles. The van der Waals surface area contributed by atoms with E-state index in [0.29, 0.717) is 19.4 Å². The molecule has 0 N–H and O–H groups in total. The first kappa shape index (κ1) is 13.4. The predicted octanol–water partition coefficient (Wildman–Crippen LogP) is 1.60. The van der Waals surface area contributed by atoms with E-state index in [9.17, 15) is 13.2 Å². The van der Waals surface area contributed by atoms with E-state index in [0.717, 1.165) is 23.1 Å². The average molecular weight is 294 g/mol. The van der Waals surface area contributed by atoms with Crippen LogP contribution in [0, 0.1) is 0 Å². The van der Waals surface area contributed by atoms with Gasteiger partial charge < -0.3 is 4.90 Å². The van der Waals surface area contributed by atoms with Crippen molar-refractivity contribution < 1.29 is 13.2 Å². The SMILES string of the molecule is O=C1CCCN1S(=O)(=O)c1ccc(N2CCCC2)cc1. The maximum Gasteiger partial charge on any atom is 0.266 e. The van der Waals surface area contributed by atoms with Crippen LogP contribution in [0.2, 0.25) is 0 Å². The van der Waals surface area contributed by atoms with Crippen molar-refractivity contribution in [3.05, 3.63) is 24.3 Å². The molecule has 1 aromatic carbocycles. The predicted molar refractivity (Wildman–Crippen MR) is 76.0 cm³/mol. The minimum atomic E-state index is -3.66. The number of rotatable bonds is 3. The quantitative estimate of drug-likeness (QED) is 0.849. The van der Waals surface area contributed by atoms with Crippen LogP contribution in [0.3, 0.4) is 0 Å².